The molecule has 4 aromatic carbocycles. The molecule has 0 spiro atoms. The summed E-state index contributed by atoms with van der Waals surface area (Å²) in [5, 5.41) is 11.3. The highest BCUT2D eigenvalue weighted by Gasteiger charge is 2.44. The first-order valence-electron chi connectivity index (χ1n) is 14.7. The largest absolute Gasteiger partial charge is 0.311 e. The number of thiazole rings is 1. The van der Waals surface area contributed by atoms with E-state index in [9.17, 15) is 8.42 Å². The third-order valence-corrected chi connectivity index (χ3v) is 11.6. The van der Waals surface area contributed by atoms with Crippen LogP contribution in [0.25, 0.3) is 11.3 Å². The Labute approximate surface area is 270 Å². The van der Waals surface area contributed by atoms with Crippen molar-refractivity contribution in [2.24, 2.45) is 15.4 Å². The first kappa shape index (κ1) is 27.9. The van der Waals surface area contributed by atoms with Gasteiger partial charge in [0.1, 0.15) is 0 Å². The van der Waals surface area contributed by atoms with Gasteiger partial charge in [0.15, 0.2) is 0 Å². The van der Waals surface area contributed by atoms with Crippen LogP contribution in [0.5, 0.6) is 0 Å². The van der Waals surface area contributed by atoms with Gasteiger partial charge in [-0.15, -0.1) is 27.1 Å². The number of sulfonamides is 1. The molecule has 0 saturated carbocycles. The number of rotatable bonds is 7. The highest BCUT2D eigenvalue weighted by Crippen LogP contribution is 2.47. The van der Waals surface area contributed by atoms with Gasteiger partial charge in [0.2, 0.25) is 4.80 Å². The number of hydrogen-bond donors (Lipinski definition) is 0. The van der Waals surface area contributed by atoms with Crippen LogP contribution in [-0.2, 0) is 23.0 Å². The maximum Gasteiger partial charge on any atom is 0.285 e. The SMILES string of the molecule is O=S(=O)(/N=c1/scc(-c2ccccc2)n1Cc1ccccc1)c1ccc(N2N=C3c4ccccc4CC3C2c2cccs2)cc1. The van der Waals surface area contributed by atoms with Crippen LogP contribution in [0.15, 0.2) is 146 Å². The average Bonchev–Trinajstić information content (AvgIpc) is 3.87. The summed E-state index contributed by atoms with van der Waals surface area (Å²) in [5.74, 6) is 0.247. The molecule has 0 bridgehead atoms. The Morgan fingerprint density at radius 3 is 2.29 bits per heavy atom. The van der Waals surface area contributed by atoms with Gasteiger partial charge in [-0.25, -0.2) is 0 Å². The second-order valence-corrected chi connectivity index (χ2v) is 14.6. The van der Waals surface area contributed by atoms with E-state index in [1.165, 1.54) is 27.3 Å². The maximum atomic E-state index is 13.7. The van der Waals surface area contributed by atoms with Crippen molar-refractivity contribution < 1.29 is 8.42 Å². The van der Waals surface area contributed by atoms with E-state index in [1.54, 1.807) is 23.5 Å². The Balaban J connectivity index is 1.15. The third kappa shape index (κ3) is 5.16. The fraction of sp³-hybridized carbons (Fsp3) is 0.111. The number of anilines is 1. The topological polar surface area (TPSA) is 67.0 Å². The molecule has 2 aliphatic rings. The zero-order chi connectivity index (χ0) is 30.4. The number of benzene rings is 4. The highest BCUT2D eigenvalue weighted by atomic mass is 32.2. The molecule has 2 atom stereocenters. The van der Waals surface area contributed by atoms with Crippen LogP contribution in [0.1, 0.15) is 27.6 Å². The summed E-state index contributed by atoms with van der Waals surface area (Å²) >= 11 is 3.06. The molecule has 0 fully saturated rings. The normalized spacial score (nSPS) is 17.7. The average molecular weight is 645 g/mol. The minimum Gasteiger partial charge on any atom is -0.311 e. The number of nitrogens with zero attached hydrogens (tertiary/aromatic N) is 4. The van der Waals surface area contributed by atoms with E-state index in [0.29, 0.717) is 11.3 Å². The number of thiophene rings is 1. The predicted molar refractivity (Wildman–Crippen MR) is 182 cm³/mol. The van der Waals surface area contributed by atoms with E-state index >= 15 is 0 Å². The van der Waals surface area contributed by atoms with Crippen LogP contribution >= 0.6 is 22.7 Å². The summed E-state index contributed by atoms with van der Waals surface area (Å²) in [6, 6.07) is 39.8. The highest BCUT2D eigenvalue weighted by molar-refractivity contribution is 7.90. The molecule has 2 aromatic heterocycles. The van der Waals surface area contributed by atoms with Gasteiger partial charge in [0, 0.05) is 21.7 Å². The molecule has 2 unspecified atom stereocenters. The Morgan fingerprint density at radius 2 is 1.53 bits per heavy atom. The van der Waals surface area contributed by atoms with Gasteiger partial charge in [-0.2, -0.15) is 13.5 Å². The van der Waals surface area contributed by atoms with E-state index in [0.717, 1.165) is 34.6 Å². The van der Waals surface area contributed by atoms with Crippen molar-refractivity contribution in [2.75, 3.05) is 5.01 Å². The van der Waals surface area contributed by atoms with Gasteiger partial charge >= 0.3 is 0 Å². The smallest absolute Gasteiger partial charge is 0.285 e. The number of hydrazone groups is 1. The molecule has 6 nitrogen and oxygen atoms in total. The Kier molecular flexibility index (Phi) is 7.09. The van der Waals surface area contributed by atoms with E-state index < -0.39 is 10.0 Å². The second-order valence-electron chi connectivity index (χ2n) is 11.2. The van der Waals surface area contributed by atoms with Crippen LogP contribution in [0.3, 0.4) is 0 Å². The maximum absolute atomic E-state index is 13.7. The third-order valence-electron chi connectivity index (χ3n) is 8.43. The standard InChI is InChI=1S/C36H28N4O2S3/c41-45(42,38-36-39(23-25-10-3-1-4-11-25)32(24-44-36)26-12-5-2-6-13-26)29-19-17-28(18-20-29)40-35(33-16-9-21-43-33)31-22-27-14-7-8-15-30(27)34(31)37-40/h1-21,24,31,35H,22-23H2/b38-36+. The van der Waals surface area contributed by atoms with Crippen molar-refractivity contribution in [1.82, 2.24) is 4.57 Å². The lowest BCUT2D eigenvalue weighted by atomic mass is 9.94. The molecule has 8 rings (SSSR count). The van der Waals surface area contributed by atoms with Crippen LogP contribution in [0.4, 0.5) is 5.69 Å². The molecular weight excluding hydrogens is 617 g/mol. The summed E-state index contributed by atoms with van der Waals surface area (Å²) < 4.78 is 33.8. The lowest BCUT2D eigenvalue weighted by molar-refractivity contribution is 0.564. The van der Waals surface area contributed by atoms with Gasteiger partial charge in [0.05, 0.1) is 34.6 Å². The van der Waals surface area contributed by atoms with Gasteiger partial charge < -0.3 is 4.57 Å². The molecule has 0 radical (unpaired) electrons. The van der Waals surface area contributed by atoms with Crippen molar-refractivity contribution in [1.29, 1.82) is 0 Å². The summed E-state index contributed by atoms with van der Waals surface area (Å²) in [4.78, 5) is 1.82. The van der Waals surface area contributed by atoms with Gasteiger partial charge in [0.25, 0.3) is 10.0 Å². The molecule has 222 valence electrons. The fourth-order valence-corrected chi connectivity index (χ4v) is 9.31. The van der Waals surface area contributed by atoms with Crippen molar-refractivity contribution in [2.45, 2.75) is 23.9 Å². The number of aromatic nitrogens is 1. The molecule has 0 saturated heterocycles. The van der Waals surface area contributed by atoms with Crippen molar-refractivity contribution in [3.63, 3.8) is 0 Å². The quantitative estimate of drug-likeness (QED) is 0.179. The van der Waals surface area contributed by atoms with Crippen molar-refractivity contribution >= 4 is 44.1 Å². The molecule has 0 N–H and O–H groups in total. The summed E-state index contributed by atoms with van der Waals surface area (Å²) in [5.41, 5.74) is 7.50. The summed E-state index contributed by atoms with van der Waals surface area (Å²) in [6.45, 7) is 0.506. The van der Waals surface area contributed by atoms with Crippen molar-refractivity contribution in [3.05, 3.63) is 158 Å². The lowest BCUT2D eigenvalue weighted by Crippen LogP contribution is -2.24. The van der Waals surface area contributed by atoms with E-state index in [2.05, 4.69) is 51.2 Å². The zero-order valence-electron chi connectivity index (χ0n) is 24.1. The summed E-state index contributed by atoms with van der Waals surface area (Å²) in [6.07, 6.45) is 0.939. The fourth-order valence-electron chi connectivity index (χ4n) is 6.30. The van der Waals surface area contributed by atoms with E-state index in [4.69, 9.17) is 5.10 Å². The Hall–Kier alpha value is -4.57. The predicted octanol–water partition coefficient (Wildman–Crippen LogP) is 7.75. The molecule has 1 aliphatic heterocycles. The van der Waals surface area contributed by atoms with Gasteiger partial charge in [-0.05, 0) is 58.8 Å². The van der Waals surface area contributed by atoms with Crippen LogP contribution < -0.4 is 9.81 Å². The van der Waals surface area contributed by atoms with Gasteiger partial charge in [-0.3, -0.25) is 5.01 Å². The van der Waals surface area contributed by atoms with Gasteiger partial charge in [-0.1, -0.05) is 91.0 Å². The van der Waals surface area contributed by atoms with Crippen molar-refractivity contribution in [3.8, 4) is 11.3 Å². The Bertz CT molecular complexity index is 2190. The monoisotopic (exact) mass is 644 g/mol. The van der Waals surface area contributed by atoms with Crippen LogP contribution in [0, 0.1) is 5.92 Å². The molecular formula is C36H28N4O2S3. The number of fused-ring (bicyclic) bond motifs is 3. The molecule has 45 heavy (non-hydrogen) atoms. The van der Waals surface area contributed by atoms with E-state index in [-0.39, 0.29) is 16.9 Å². The molecule has 9 heteroatoms. The minimum absolute atomic E-state index is 0.0546. The molecule has 3 heterocycles. The summed E-state index contributed by atoms with van der Waals surface area (Å²) in [7, 11) is -3.99. The molecule has 0 amide bonds. The molecule has 6 aromatic rings. The zero-order valence-corrected chi connectivity index (χ0v) is 26.6. The first-order valence-corrected chi connectivity index (χ1v) is 17.9. The first-order chi connectivity index (χ1) is 22.0. The Morgan fingerprint density at radius 1 is 0.800 bits per heavy atom. The molecule has 1 aliphatic carbocycles. The minimum atomic E-state index is -3.99. The number of hydrogen-bond acceptors (Lipinski definition) is 6. The van der Waals surface area contributed by atoms with E-state index in [1.807, 2.05) is 82.7 Å². The van der Waals surface area contributed by atoms with Crippen LogP contribution in [0.2, 0.25) is 0 Å². The lowest BCUT2D eigenvalue weighted by Gasteiger charge is -2.26. The van der Waals surface area contributed by atoms with Crippen LogP contribution in [-0.4, -0.2) is 18.7 Å². The second kappa shape index (κ2) is 11.4.